The molecule has 202 valence electrons. The monoisotopic (exact) mass is 549 g/mol. The second-order valence-corrected chi connectivity index (χ2v) is 12.9. The molecule has 0 bridgehead atoms. The molecule has 3 rings (SSSR count). The van der Waals surface area contributed by atoms with Crippen LogP contribution in [0.5, 0.6) is 11.5 Å². The largest absolute Gasteiger partial charge is 0.422 e. The van der Waals surface area contributed by atoms with Gasteiger partial charge in [-0.1, -0.05) is 65.3 Å². The third-order valence-corrected chi connectivity index (χ3v) is 8.64. The Morgan fingerprint density at radius 2 is 1.59 bits per heavy atom. The molecule has 37 heavy (non-hydrogen) atoms. The zero-order chi connectivity index (χ0) is 27.5. The Morgan fingerprint density at radius 3 is 2.16 bits per heavy atom. The van der Waals surface area contributed by atoms with Gasteiger partial charge in [-0.25, -0.2) is 8.42 Å². The number of benzene rings is 2. The molecule has 0 fully saturated rings. The average Bonchev–Trinajstić information content (AvgIpc) is 3.03. The standard InChI is InChI=1S/C28H36ClNO6S/c1-16(2)15-37(33,34)20-9-7-19(8-10-20)23-14-30-12-11-21-22(23)13-24(35-27(31)17(3)4)26(25(21)29)36-28(32)18(5)6/h7-10,13,16-18,23,30H,11-12,14-15H2,1-6H3. The lowest BCUT2D eigenvalue weighted by Crippen LogP contribution is -2.21. The number of carbonyl (C=O) groups is 2. The molecule has 1 aliphatic rings. The van der Waals surface area contributed by atoms with Gasteiger partial charge in [0.2, 0.25) is 0 Å². The summed E-state index contributed by atoms with van der Waals surface area (Å²) in [4.78, 5) is 25.3. The number of halogens is 1. The van der Waals surface area contributed by atoms with Crippen molar-refractivity contribution in [2.45, 2.75) is 58.8 Å². The van der Waals surface area contributed by atoms with Gasteiger partial charge in [-0.05, 0) is 53.8 Å². The Balaban J connectivity index is 2.11. The first kappa shape index (κ1) is 29.1. The van der Waals surface area contributed by atoms with Crippen molar-refractivity contribution in [1.29, 1.82) is 0 Å². The second kappa shape index (κ2) is 12.0. The van der Waals surface area contributed by atoms with Gasteiger partial charge in [0.25, 0.3) is 0 Å². The lowest BCUT2D eigenvalue weighted by Gasteiger charge is -2.23. The van der Waals surface area contributed by atoms with E-state index in [1.54, 1.807) is 45.9 Å². The molecular weight excluding hydrogens is 514 g/mol. The van der Waals surface area contributed by atoms with Crippen molar-refractivity contribution in [2.75, 3.05) is 18.8 Å². The zero-order valence-corrected chi connectivity index (χ0v) is 23.8. The molecule has 0 aromatic heterocycles. The van der Waals surface area contributed by atoms with E-state index >= 15 is 0 Å². The molecule has 0 radical (unpaired) electrons. The van der Waals surface area contributed by atoms with E-state index in [2.05, 4.69) is 5.32 Å². The van der Waals surface area contributed by atoms with Crippen LogP contribution in [-0.2, 0) is 25.8 Å². The van der Waals surface area contributed by atoms with E-state index in [-0.39, 0.29) is 39.0 Å². The number of fused-ring (bicyclic) bond motifs is 1. The molecule has 0 spiro atoms. The van der Waals surface area contributed by atoms with Crippen LogP contribution in [0.3, 0.4) is 0 Å². The summed E-state index contributed by atoms with van der Waals surface area (Å²) in [5.41, 5.74) is 2.52. The fraction of sp³-hybridized carbons (Fsp3) is 0.500. The smallest absolute Gasteiger partial charge is 0.313 e. The zero-order valence-electron chi connectivity index (χ0n) is 22.3. The molecule has 0 saturated carbocycles. The Morgan fingerprint density at radius 1 is 1.00 bits per heavy atom. The summed E-state index contributed by atoms with van der Waals surface area (Å²) < 4.78 is 36.6. The minimum absolute atomic E-state index is 0.0238. The molecule has 1 aliphatic heterocycles. The molecule has 0 amide bonds. The summed E-state index contributed by atoms with van der Waals surface area (Å²) >= 11 is 6.83. The summed E-state index contributed by atoms with van der Waals surface area (Å²) in [5, 5.41) is 3.64. The number of rotatable bonds is 8. The van der Waals surface area contributed by atoms with Gasteiger partial charge in [-0.3, -0.25) is 9.59 Å². The highest BCUT2D eigenvalue weighted by atomic mass is 35.5. The van der Waals surface area contributed by atoms with Gasteiger partial charge < -0.3 is 14.8 Å². The van der Waals surface area contributed by atoms with Crippen molar-refractivity contribution in [1.82, 2.24) is 5.32 Å². The van der Waals surface area contributed by atoms with Crippen LogP contribution in [0, 0.1) is 17.8 Å². The molecule has 1 atom stereocenters. The number of carbonyl (C=O) groups excluding carboxylic acids is 2. The topological polar surface area (TPSA) is 98.8 Å². The summed E-state index contributed by atoms with van der Waals surface area (Å²) in [6.07, 6.45) is 0.580. The normalized spacial score (nSPS) is 16.0. The molecule has 1 N–H and O–H groups in total. The summed E-state index contributed by atoms with van der Waals surface area (Å²) in [7, 11) is -3.38. The maximum Gasteiger partial charge on any atom is 0.313 e. The summed E-state index contributed by atoms with van der Waals surface area (Å²) in [6, 6.07) is 8.63. The number of hydrogen-bond acceptors (Lipinski definition) is 7. The van der Waals surface area contributed by atoms with E-state index in [4.69, 9.17) is 21.1 Å². The van der Waals surface area contributed by atoms with Gasteiger partial charge in [0.1, 0.15) is 0 Å². The Bertz CT molecular complexity index is 1250. The van der Waals surface area contributed by atoms with Crippen LogP contribution in [0.1, 0.15) is 64.2 Å². The molecule has 7 nitrogen and oxygen atoms in total. The van der Waals surface area contributed by atoms with Crippen molar-refractivity contribution in [2.24, 2.45) is 17.8 Å². The average molecular weight is 550 g/mol. The van der Waals surface area contributed by atoms with Gasteiger partial charge in [-0.15, -0.1) is 0 Å². The minimum atomic E-state index is -3.38. The molecule has 9 heteroatoms. The van der Waals surface area contributed by atoms with Gasteiger partial charge in [0.05, 0.1) is 27.5 Å². The quantitative estimate of drug-likeness (QED) is 0.358. The van der Waals surface area contributed by atoms with E-state index in [0.29, 0.717) is 19.5 Å². The van der Waals surface area contributed by atoms with Crippen molar-refractivity contribution < 1.29 is 27.5 Å². The highest BCUT2D eigenvalue weighted by molar-refractivity contribution is 7.91. The SMILES string of the molecule is CC(C)CS(=O)(=O)c1ccc(C2CNCCc3c2cc(OC(=O)C(C)C)c(OC(=O)C(C)C)c3Cl)cc1. The van der Waals surface area contributed by atoms with E-state index < -0.39 is 33.6 Å². The molecule has 0 saturated heterocycles. The minimum Gasteiger partial charge on any atom is -0.422 e. The molecular formula is C28H36ClNO6S. The van der Waals surface area contributed by atoms with Gasteiger partial charge in [0, 0.05) is 12.5 Å². The Kier molecular flexibility index (Phi) is 9.42. The molecule has 2 aromatic rings. The fourth-order valence-electron chi connectivity index (χ4n) is 4.16. The highest BCUT2D eigenvalue weighted by Gasteiger charge is 2.30. The third-order valence-electron chi connectivity index (χ3n) is 6.15. The van der Waals surface area contributed by atoms with Crippen molar-refractivity contribution in [3.05, 3.63) is 52.0 Å². The van der Waals surface area contributed by atoms with Crippen LogP contribution < -0.4 is 14.8 Å². The number of ether oxygens (including phenoxy) is 2. The van der Waals surface area contributed by atoms with E-state index in [1.165, 1.54) is 0 Å². The number of nitrogens with one attached hydrogen (secondary N) is 1. The van der Waals surface area contributed by atoms with E-state index in [9.17, 15) is 18.0 Å². The molecule has 1 heterocycles. The van der Waals surface area contributed by atoms with Crippen LogP contribution in [0.4, 0.5) is 0 Å². The molecule has 1 unspecified atom stereocenters. The predicted octanol–water partition coefficient (Wildman–Crippen LogP) is 5.17. The van der Waals surface area contributed by atoms with Crippen LogP contribution in [0.25, 0.3) is 0 Å². The Labute approximate surface area is 224 Å². The fourth-order valence-corrected chi connectivity index (χ4v) is 6.11. The van der Waals surface area contributed by atoms with Crippen LogP contribution in [-0.4, -0.2) is 39.2 Å². The highest BCUT2D eigenvalue weighted by Crippen LogP contribution is 2.45. The lowest BCUT2D eigenvalue weighted by molar-refractivity contribution is -0.140. The van der Waals surface area contributed by atoms with Crippen LogP contribution in [0.15, 0.2) is 35.2 Å². The predicted molar refractivity (Wildman–Crippen MR) is 144 cm³/mol. The Hall–Kier alpha value is -2.42. The van der Waals surface area contributed by atoms with Gasteiger partial charge in [0.15, 0.2) is 21.3 Å². The molecule has 2 aromatic carbocycles. The second-order valence-electron chi connectivity index (χ2n) is 10.5. The first-order chi connectivity index (χ1) is 17.3. The van der Waals surface area contributed by atoms with Crippen LogP contribution >= 0.6 is 11.6 Å². The third kappa shape index (κ3) is 6.92. The maximum atomic E-state index is 12.7. The van der Waals surface area contributed by atoms with Crippen LogP contribution in [0.2, 0.25) is 5.02 Å². The first-order valence-electron chi connectivity index (χ1n) is 12.6. The van der Waals surface area contributed by atoms with Crippen molar-refractivity contribution in [3.63, 3.8) is 0 Å². The number of esters is 2. The maximum absolute atomic E-state index is 12.7. The number of sulfone groups is 1. The summed E-state index contributed by atoms with van der Waals surface area (Å²) in [6.45, 7) is 11.8. The van der Waals surface area contributed by atoms with Crippen molar-refractivity contribution in [3.8, 4) is 11.5 Å². The van der Waals surface area contributed by atoms with E-state index in [0.717, 1.165) is 16.7 Å². The lowest BCUT2D eigenvalue weighted by atomic mass is 9.87. The molecule has 0 aliphatic carbocycles. The summed E-state index contributed by atoms with van der Waals surface area (Å²) in [5.74, 6) is -1.70. The van der Waals surface area contributed by atoms with Crippen molar-refractivity contribution >= 4 is 33.4 Å². The van der Waals surface area contributed by atoms with Gasteiger partial charge >= 0.3 is 11.9 Å². The van der Waals surface area contributed by atoms with Gasteiger partial charge in [-0.2, -0.15) is 0 Å². The van der Waals surface area contributed by atoms with E-state index in [1.807, 2.05) is 26.0 Å². The first-order valence-corrected chi connectivity index (χ1v) is 14.7. The number of hydrogen-bond donors (Lipinski definition) is 1.